The Balaban J connectivity index is 1.94. The molecule has 1 amide bonds. The number of likely N-dealkylation sites (tertiary alicyclic amines) is 1. The minimum Gasteiger partial charge on any atom is -0.341 e. The van der Waals surface area contributed by atoms with E-state index in [1.54, 1.807) is 0 Å². The van der Waals surface area contributed by atoms with Crippen LogP contribution in [0.15, 0.2) is 0 Å². The van der Waals surface area contributed by atoms with Gasteiger partial charge in [0.2, 0.25) is 5.91 Å². The predicted molar refractivity (Wildman–Crippen MR) is 55.7 cm³/mol. The van der Waals surface area contributed by atoms with Crippen molar-refractivity contribution in [1.29, 1.82) is 0 Å². The summed E-state index contributed by atoms with van der Waals surface area (Å²) in [5, 5.41) is 0. The highest BCUT2D eigenvalue weighted by Gasteiger charge is 2.36. The van der Waals surface area contributed by atoms with Gasteiger partial charge in [-0.2, -0.15) is 0 Å². The van der Waals surface area contributed by atoms with E-state index < -0.39 is 0 Å². The first-order valence-corrected chi connectivity index (χ1v) is 5.65. The maximum absolute atomic E-state index is 11.6. The largest absolute Gasteiger partial charge is 0.341 e. The molecule has 1 heterocycles. The highest BCUT2D eigenvalue weighted by atomic mass is 16.2. The third-order valence-corrected chi connectivity index (χ3v) is 3.72. The quantitative estimate of drug-likeness (QED) is 0.719. The van der Waals surface area contributed by atoms with Crippen LogP contribution in [0.2, 0.25) is 0 Å². The number of carbonyl (C=O) groups excluding carboxylic acids is 1. The normalized spacial score (nSPS) is 31.4. The summed E-state index contributed by atoms with van der Waals surface area (Å²) in [6.45, 7) is 4.10. The number of carbonyl (C=O) groups is 1. The van der Waals surface area contributed by atoms with E-state index in [4.69, 9.17) is 5.73 Å². The van der Waals surface area contributed by atoms with Crippen LogP contribution in [0.5, 0.6) is 0 Å². The van der Waals surface area contributed by atoms with Crippen LogP contribution >= 0.6 is 0 Å². The van der Waals surface area contributed by atoms with Gasteiger partial charge < -0.3 is 10.6 Å². The number of hydrogen-bond acceptors (Lipinski definition) is 2. The van der Waals surface area contributed by atoms with E-state index in [1.165, 1.54) is 25.7 Å². The lowest BCUT2D eigenvalue weighted by Gasteiger charge is -2.29. The first-order valence-electron chi connectivity index (χ1n) is 5.65. The number of nitrogens with zero attached hydrogens (tertiary/aromatic N) is 1. The lowest BCUT2D eigenvalue weighted by Crippen LogP contribution is -2.39. The monoisotopic (exact) mass is 196 g/mol. The number of hydrogen-bond donors (Lipinski definition) is 1. The van der Waals surface area contributed by atoms with Crippen LogP contribution in [0, 0.1) is 5.41 Å². The second-order valence-corrected chi connectivity index (χ2v) is 5.17. The molecule has 2 aliphatic rings. The Morgan fingerprint density at radius 1 is 1.50 bits per heavy atom. The summed E-state index contributed by atoms with van der Waals surface area (Å²) >= 11 is 0. The number of rotatable bonds is 2. The molecular weight excluding hydrogens is 176 g/mol. The van der Waals surface area contributed by atoms with Gasteiger partial charge in [0.05, 0.1) is 6.04 Å². The molecule has 3 heteroatoms. The summed E-state index contributed by atoms with van der Waals surface area (Å²) in [5.74, 6) is 0.165. The summed E-state index contributed by atoms with van der Waals surface area (Å²) in [7, 11) is 0. The van der Waals surface area contributed by atoms with Crippen LogP contribution in [0.3, 0.4) is 0 Å². The van der Waals surface area contributed by atoms with Gasteiger partial charge in [-0.1, -0.05) is 19.8 Å². The minimum absolute atomic E-state index is 0.165. The fourth-order valence-corrected chi connectivity index (χ4v) is 2.77. The molecule has 1 aliphatic carbocycles. The fraction of sp³-hybridized carbons (Fsp3) is 0.909. The summed E-state index contributed by atoms with van der Waals surface area (Å²) in [4.78, 5) is 13.6. The molecule has 1 saturated carbocycles. The van der Waals surface area contributed by atoms with E-state index in [-0.39, 0.29) is 11.9 Å². The zero-order chi connectivity index (χ0) is 10.2. The second-order valence-electron chi connectivity index (χ2n) is 5.17. The van der Waals surface area contributed by atoms with Crippen molar-refractivity contribution in [2.75, 3.05) is 13.1 Å². The maximum atomic E-state index is 11.6. The van der Waals surface area contributed by atoms with Crippen LogP contribution in [0.25, 0.3) is 0 Å². The number of amides is 1. The topological polar surface area (TPSA) is 46.3 Å². The molecule has 1 atom stereocenters. The minimum atomic E-state index is -0.222. The molecule has 2 fully saturated rings. The van der Waals surface area contributed by atoms with Gasteiger partial charge in [0.25, 0.3) is 0 Å². The van der Waals surface area contributed by atoms with Crippen LogP contribution in [0.4, 0.5) is 0 Å². The zero-order valence-electron chi connectivity index (χ0n) is 8.96. The first kappa shape index (κ1) is 9.97. The van der Waals surface area contributed by atoms with Crippen LogP contribution in [-0.4, -0.2) is 29.9 Å². The molecule has 3 nitrogen and oxygen atoms in total. The van der Waals surface area contributed by atoms with Crippen molar-refractivity contribution >= 4 is 5.91 Å². The molecule has 2 rings (SSSR count). The van der Waals surface area contributed by atoms with Crippen molar-refractivity contribution < 1.29 is 4.79 Å². The molecule has 80 valence electrons. The van der Waals surface area contributed by atoms with E-state index in [1.807, 2.05) is 4.90 Å². The van der Waals surface area contributed by atoms with Gasteiger partial charge in [0.1, 0.15) is 0 Å². The van der Waals surface area contributed by atoms with Gasteiger partial charge in [-0.05, 0) is 24.7 Å². The standard InChI is InChI=1S/C11H20N2O/c1-11(5-2-3-6-11)8-13-7-4-9(12)10(13)14/h9H,2-8,12H2,1H3. The van der Waals surface area contributed by atoms with Crippen molar-refractivity contribution in [2.24, 2.45) is 11.1 Å². The van der Waals surface area contributed by atoms with Gasteiger partial charge in [-0.15, -0.1) is 0 Å². The van der Waals surface area contributed by atoms with Crippen molar-refractivity contribution in [3.8, 4) is 0 Å². The third kappa shape index (κ3) is 1.78. The molecule has 1 saturated heterocycles. The highest BCUT2D eigenvalue weighted by molar-refractivity contribution is 5.83. The molecular formula is C11H20N2O. The average Bonchev–Trinajstić information content (AvgIpc) is 2.68. The Hall–Kier alpha value is -0.570. The molecule has 0 aromatic rings. The lowest BCUT2D eigenvalue weighted by atomic mass is 9.88. The Bertz CT molecular complexity index is 233. The summed E-state index contributed by atoms with van der Waals surface area (Å²) in [6, 6.07) is -0.222. The molecule has 14 heavy (non-hydrogen) atoms. The van der Waals surface area contributed by atoms with Gasteiger partial charge in [-0.3, -0.25) is 4.79 Å². The number of nitrogens with two attached hydrogens (primary N) is 1. The lowest BCUT2D eigenvalue weighted by molar-refractivity contribution is -0.130. The Morgan fingerprint density at radius 3 is 2.64 bits per heavy atom. The molecule has 0 spiro atoms. The van der Waals surface area contributed by atoms with Crippen molar-refractivity contribution in [1.82, 2.24) is 4.90 Å². The van der Waals surface area contributed by atoms with Crippen molar-refractivity contribution in [3.63, 3.8) is 0 Å². The smallest absolute Gasteiger partial charge is 0.239 e. The second kappa shape index (κ2) is 3.54. The Kier molecular flexibility index (Phi) is 2.52. The molecule has 0 bridgehead atoms. The molecule has 2 N–H and O–H groups in total. The van der Waals surface area contributed by atoms with Gasteiger partial charge in [0, 0.05) is 13.1 Å². The van der Waals surface area contributed by atoms with Crippen LogP contribution in [0.1, 0.15) is 39.0 Å². The molecule has 0 aromatic carbocycles. The Labute approximate surface area is 85.6 Å². The van der Waals surface area contributed by atoms with Gasteiger partial charge in [-0.25, -0.2) is 0 Å². The SMILES string of the molecule is CC1(CN2CCC(N)C2=O)CCCC1. The van der Waals surface area contributed by atoms with E-state index in [9.17, 15) is 4.79 Å². The van der Waals surface area contributed by atoms with Gasteiger partial charge in [0.15, 0.2) is 0 Å². The van der Waals surface area contributed by atoms with E-state index >= 15 is 0 Å². The zero-order valence-corrected chi connectivity index (χ0v) is 8.96. The molecule has 1 aliphatic heterocycles. The van der Waals surface area contributed by atoms with E-state index in [0.717, 1.165) is 19.5 Å². The summed E-state index contributed by atoms with van der Waals surface area (Å²) in [6.07, 6.45) is 6.03. The van der Waals surface area contributed by atoms with Crippen LogP contribution < -0.4 is 5.73 Å². The van der Waals surface area contributed by atoms with Crippen molar-refractivity contribution in [3.05, 3.63) is 0 Å². The van der Waals surface area contributed by atoms with Gasteiger partial charge >= 0.3 is 0 Å². The Morgan fingerprint density at radius 2 is 2.14 bits per heavy atom. The maximum Gasteiger partial charge on any atom is 0.239 e. The fourth-order valence-electron chi connectivity index (χ4n) is 2.77. The third-order valence-electron chi connectivity index (χ3n) is 3.72. The van der Waals surface area contributed by atoms with E-state index in [2.05, 4.69) is 6.92 Å². The summed E-state index contributed by atoms with van der Waals surface area (Å²) < 4.78 is 0. The molecule has 0 aromatic heterocycles. The first-order chi connectivity index (χ1) is 6.61. The van der Waals surface area contributed by atoms with Crippen LogP contribution in [-0.2, 0) is 4.79 Å². The summed E-state index contributed by atoms with van der Waals surface area (Å²) in [5.41, 5.74) is 6.07. The van der Waals surface area contributed by atoms with Crippen molar-refractivity contribution in [2.45, 2.75) is 45.1 Å². The van der Waals surface area contributed by atoms with E-state index in [0.29, 0.717) is 5.41 Å². The molecule has 1 unspecified atom stereocenters. The highest BCUT2D eigenvalue weighted by Crippen LogP contribution is 2.38. The molecule has 0 radical (unpaired) electrons. The predicted octanol–water partition coefficient (Wildman–Crippen LogP) is 1.13. The average molecular weight is 196 g/mol.